The monoisotopic (exact) mass is 216 g/mol. The molecule has 0 saturated carbocycles. The van der Waals surface area contributed by atoms with Crippen LogP contribution in [0.25, 0.3) is 0 Å². The predicted molar refractivity (Wildman–Crippen MR) is 53.5 cm³/mol. The molecule has 0 spiro atoms. The van der Waals surface area contributed by atoms with Gasteiger partial charge in [0, 0.05) is 0 Å². The zero-order chi connectivity index (χ0) is 11.7. The van der Waals surface area contributed by atoms with Gasteiger partial charge in [-0.15, -0.1) is 0 Å². The van der Waals surface area contributed by atoms with Gasteiger partial charge >= 0.3 is 11.9 Å². The van der Waals surface area contributed by atoms with E-state index in [2.05, 4.69) is 0 Å². The van der Waals surface area contributed by atoms with Crippen LogP contribution in [0.2, 0.25) is 0 Å². The standard InChI is InChI=1S/C10H16O5/c11-8(7-10(14)15)5-3-1-2-4-6-9(12)13/h2,4,8,11H,1,3,5-7H2,(H,12,13)(H,14,15)/b4-2+. The van der Waals surface area contributed by atoms with Gasteiger partial charge in [0.05, 0.1) is 18.9 Å². The molecule has 1 unspecified atom stereocenters. The fourth-order valence-electron chi connectivity index (χ4n) is 1.08. The average molecular weight is 216 g/mol. The maximum atomic E-state index is 10.2. The van der Waals surface area contributed by atoms with Gasteiger partial charge in [0.1, 0.15) is 0 Å². The summed E-state index contributed by atoms with van der Waals surface area (Å²) >= 11 is 0. The minimum Gasteiger partial charge on any atom is -0.481 e. The van der Waals surface area contributed by atoms with Crippen LogP contribution in [-0.4, -0.2) is 33.4 Å². The first kappa shape index (κ1) is 13.6. The number of aliphatic hydroxyl groups excluding tert-OH is 1. The molecule has 1 atom stereocenters. The van der Waals surface area contributed by atoms with E-state index in [-0.39, 0.29) is 12.8 Å². The van der Waals surface area contributed by atoms with Gasteiger partial charge in [-0.25, -0.2) is 0 Å². The summed E-state index contributed by atoms with van der Waals surface area (Å²) in [5.74, 6) is -1.89. The Labute approximate surface area is 88.0 Å². The molecule has 0 bridgehead atoms. The van der Waals surface area contributed by atoms with Crippen molar-refractivity contribution in [2.24, 2.45) is 0 Å². The van der Waals surface area contributed by atoms with Crippen LogP contribution in [0.5, 0.6) is 0 Å². The first-order valence-electron chi connectivity index (χ1n) is 4.79. The third-order valence-corrected chi connectivity index (χ3v) is 1.78. The highest BCUT2D eigenvalue weighted by Crippen LogP contribution is 2.05. The van der Waals surface area contributed by atoms with Crippen LogP contribution in [0, 0.1) is 0 Å². The van der Waals surface area contributed by atoms with Gasteiger partial charge in [-0.3, -0.25) is 9.59 Å². The van der Waals surface area contributed by atoms with Crippen molar-refractivity contribution in [3.8, 4) is 0 Å². The minimum atomic E-state index is -1.01. The zero-order valence-electron chi connectivity index (χ0n) is 8.43. The molecule has 86 valence electrons. The fraction of sp³-hybridized carbons (Fsp3) is 0.600. The molecule has 0 aromatic heterocycles. The summed E-state index contributed by atoms with van der Waals surface area (Å²) in [6.45, 7) is 0. The van der Waals surface area contributed by atoms with E-state index in [0.29, 0.717) is 19.3 Å². The highest BCUT2D eigenvalue weighted by Gasteiger charge is 2.07. The van der Waals surface area contributed by atoms with Crippen molar-refractivity contribution in [2.75, 3.05) is 0 Å². The lowest BCUT2D eigenvalue weighted by molar-refractivity contribution is -0.139. The molecular formula is C10H16O5. The Hall–Kier alpha value is -1.36. The topological polar surface area (TPSA) is 94.8 Å². The van der Waals surface area contributed by atoms with Crippen LogP contribution in [0.1, 0.15) is 32.1 Å². The normalized spacial score (nSPS) is 12.9. The number of unbranched alkanes of at least 4 members (excludes halogenated alkanes) is 1. The molecule has 0 aromatic carbocycles. The molecule has 5 nitrogen and oxygen atoms in total. The lowest BCUT2D eigenvalue weighted by Crippen LogP contribution is -2.12. The number of hydrogen-bond acceptors (Lipinski definition) is 3. The second-order valence-electron chi connectivity index (χ2n) is 3.25. The van der Waals surface area contributed by atoms with Crippen LogP contribution in [0.3, 0.4) is 0 Å². The van der Waals surface area contributed by atoms with Crippen molar-refractivity contribution in [1.29, 1.82) is 0 Å². The molecule has 0 amide bonds. The van der Waals surface area contributed by atoms with Crippen molar-refractivity contribution in [3.63, 3.8) is 0 Å². The molecule has 0 heterocycles. The van der Waals surface area contributed by atoms with E-state index in [1.807, 2.05) is 0 Å². The molecule has 0 aromatic rings. The van der Waals surface area contributed by atoms with Gasteiger partial charge in [-0.1, -0.05) is 12.2 Å². The van der Waals surface area contributed by atoms with Gasteiger partial charge in [0.25, 0.3) is 0 Å². The van der Waals surface area contributed by atoms with E-state index < -0.39 is 18.0 Å². The smallest absolute Gasteiger partial charge is 0.307 e. The summed E-state index contributed by atoms with van der Waals surface area (Å²) in [6, 6.07) is 0. The van der Waals surface area contributed by atoms with Crippen molar-refractivity contribution in [2.45, 2.75) is 38.2 Å². The lowest BCUT2D eigenvalue weighted by atomic mass is 10.1. The average Bonchev–Trinajstić information content (AvgIpc) is 2.09. The van der Waals surface area contributed by atoms with Crippen molar-refractivity contribution < 1.29 is 24.9 Å². The quantitative estimate of drug-likeness (QED) is 0.416. The number of carboxylic acid groups (broad SMARTS) is 2. The van der Waals surface area contributed by atoms with E-state index >= 15 is 0 Å². The first-order valence-corrected chi connectivity index (χ1v) is 4.79. The number of carboxylic acids is 2. The summed E-state index contributed by atoms with van der Waals surface area (Å²) in [5.41, 5.74) is 0. The highest BCUT2D eigenvalue weighted by molar-refractivity contribution is 5.68. The third-order valence-electron chi connectivity index (χ3n) is 1.78. The van der Waals surface area contributed by atoms with Gasteiger partial charge in [-0.05, 0) is 19.3 Å². The van der Waals surface area contributed by atoms with Gasteiger partial charge < -0.3 is 15.3 Å². The zero-order valence-corrected chi connectivity index (χ0v) is 8.43. The Morgan fingerprint density at radius 3 is 2.33 bits per heavy atom. The number of allylic oxidation sites excluding steroid dienone is 1. The maximum absolute atomic E-state index is 10.2. The molecule has 3 N–H and O–H groups in total. The van der Waals surface area contributed by atoms with Crippen LogP contribution < -0.4 is 0 Å². The molecule has 5 heteroatoms. The van der Waals surface area contributed by atoms with Gasteiger partial charge in [0.15, 0.2) is 0 Å². The van der Waals surface area contributed by atoms with Gasteiger partial charge in [-0.2, -0.15) is 0 Å². The molecule has 0 rings (SSSR count). The van der Waals surface area contributed by atoms with Crippen molar-refractivity contribution >= 4 is 11.9 Å². The predicted octanol–water partition coefficient (Wildman–Crippen LogP) is 1.02. The van der Waals surface area contributed by atoms with E-state index in [1.54, 1.807) is 12.2 Å². The Balaban J connectivity index is 3.41. The molecule has 15 heavy (non-hydrogen) atoms. The number of hydrogen-bond donors (Lipinski definition) is 3. The van der Waals surface area contributed by atoms with Crippen molar-refractivity contribution in [1.82, 2.24) is 0 Å². The first-order chi connectivity index (χ1) is 7.02. The highest BCUT2D eigenvalue weighted by atomic mass is 16.4. The van der Waals surface area contributed by atoms with Crippen molar-refractivity contribution in [3.05, 3.63) is 12.2 Å². The maximum Gasteiger partial charge on any atom is 0.307 e. The second kappa shape index (κ2) is 7.99. The van der Waals surface area contributed by atoms with Crippen LogP contribution in [0.4, 0.5) is 0 Å². The van der Waals surface area contributed by atoms with E-state index in [4.69, 9.17) is 15.3 Å². The number of aliphatic hydroxyl groups is 1. The minimum absolute atomic E-state index is 0.00230. The molecular weight excluding hydrogens is 200 g/mol. The Bertz CT molecular complexity index is 234. The van der Waals surface area contributed by atoms with E-state index in [1.165, 1.54) is 0 Å². The number of carbonyl (C=O) groups is 2. The van der Waals surface area contributed by atoms with Crippen LogP contribution in [0.15, 0.2) is 12.2 Å². The Morgan fingerprint density at radius 2 is 1.80 bits per heavy atom. The molecule has 0 fully saturated rings. The van der Waals surface area contributed by atoms with Crippen LogP contribution in [-0.2, 0) is 9.59 Å². The Morgan fingerprint density at radius 1 is 1.13 bits per heavy atom. The summed E-state index contributed by atoms with van der Waals surface area (Å²) in [7, 11) is 0. The largest absolute Gasteiger partial charge is 0.481 e. The summed E-state index contributed by atoms with van der Waals surface area (Å²) in [5, 5.41) is 25.8. The summed E-state index contributed by atoms with van der Waals surface area (Å²) < 4.78 is 0. The molecule has 0 aliphatic rings. The van der Waals surface area contributed by atoms with Crippen LogP contribution >= 0.6 is 0 Å². The molecule has 0 radical (unpaired) electrons. The second-order valence-corrected chi connectivity index (χ2v) is 3.25. The van der Waals surface area contributed by atoms with Gasteiger partial charge in [0.2, 0.25) is 0 Å². The molecule has 0 aliphatic heterocycles. The lowest BCUT2D eigenvalue weighted by Gasteiger charge is -2.05. The SMILES string of the molecule is O=C(O)C/C=C/CCCC(O)CC(=O)O. The van der Waals surface area contributed by atoms with E-state index in [9.17, 15) is 9.59 Å². The number of aliphatic carboxylic acids is 2. The molecule has 0 saturated heterocycles. The third kappa shape index (κ3) is 10.6. The number of rotatable bonds is 8. The Kier molecular flexibility index (Phi) is 7.27. The van der Waals surface area contributed by atoms with E-state index in [0.717, 1.165) is 0 Å². The summed E-state index contributed by atoms with van der Waals surface area (Å²) in [6.07, 6.45) is 3.96. The summed E-state index contributed by atoms with van der Waals surface area (Å²) in [4.78, 5) is 20.3. The fourth-order valence-corrected chi connectivity index (χ4v) is 1.08. The molecule has 0 aliphatic carbocycles.